The number of anilines is 1. The van der Waals surface area contributed by atoms with Crippen molar-refractivity contribution in [1.82, 2.24) is 35.4 Å². The summed E-state index contributed by atoms with van der Waals surface area (Å²) >= 11 is 5.52. The van der Waals surface area contributed by atoms with Crippen LogP contribution in [-0.4, -0.2) is 76.5 Å². The number of rotatable bonds is 12. The fraction of sp³-hybridized carbons (Fsp3) is 0.258. The number of thioether (sulfide) groups is 3. The van der Waals surface area contributed by atoms with E-state index in [9.17, 15) is 14.4 Å². The largest absolute Gasteiger partial charge is 0.448 e. The summed E-state index contributed by atoms with van der Waals surface area (Å²) in [4.78, 5) is 47.3. The number of nitrogen functional groups attached to an aromatic ring is 1. The molecular weight excluding hydrogens is 677 g/mol. The summed E-state index contributed by atoms with van der Waals surface area (Å²) in [5, 5.41) is 18.4. The highest BCUT2D eigenvalue weighted by atomic mass is 32.2. The number of esters is 1. The average Bonchev–Trinajstić information content (AvgIpc) is 3.72. The molecule has 4 heterocycles. The van der Waals surface area contributed by atoms with Gasteiger partial charge in [-0.25, -0.2) is 14.5 Å². The first-order valence-electron chi connectivity index (χ1n) is 14.5. The zero-order chi connectivity index (χ0) is 32.9. The fourth-order valence-electron chi connectivity index (χ4n) is 5.05. The number of hydrogen-bond donors (Lipinski definition) is 2. The van der Waals surface area contributed by atoms with Crippen LogP contribution in [0.15, 0.2) is 87.9 Å². The molecule has 2 aromatic carbocycles. The number of benzene rings is 2. The lowest BCUT2D eigenvalue weighted by atomic mass is 10.0. The van der Waals surface area contributed by atoms with Crippen LogP contribution >= 0.6 is 46.6 Å². The Labute approximate surface area is 287 Å². The van der Waals surface area contributed by atoms with Gasteiger partial charge in [-0.2, -0.15) is 0 Å². The van der Waals surface area contributed by atoms with Gasteiger partial charge in [0.1, 0.15) is 17.1 Å². The summed E-state index contributed by atoms with van der Waals surface area (Å²) in [5.74, 6) is 0.0679. The summed E-state index contributed by atoms with van der Waals surface area (Å²) in [6.07, 6.45) is -0.705. The zero-order valence-electron chi connectivity index (χ0n) is 25.3. The molecular formula is C31H30N8O4S4. The van der Waals surface area contributed by atoms with Gasteiger partial charge in [0.2, 0.25) is 5.16 Å². The molecule has 12 nitrogen and oxygen atoms in total. The Hall–Kier alpha value is -4.12. The number of tetrazole rings is 1. The highest BCUT2D eigenvalue weighted by molar-refractivity contribution is 8.02. The van der Waals surface area contributed by atoms with Crippen LogP contribution in [0.2, 0.25) is 0 Å². The number of aromatic nitrogens is 5. The molecule has 2 aliphatic heterocycles. The van der Waals surface area contributed by atoms with Gasteiger partial charge in [0.05, 0.1) is 11.3 Å². The molecule has 1 fully saturated rings. The number of fused-ring (bicyclic) bond motifs is 1. The van der Waals surface area contributed by atoms with E-state index < -0.39 is 35.3 Å². The van der Waals surface area contributed by atoms with E-state index in [2.05, 4.69) is 25.8 Å². The second-order valence-electron chi connectivity index (χ2n) is 10.4. The van der Waals surface area contributed by atoms with Gasteiger partial charge >= 0.3 is 5.97 Å². The van der Waals surface area contributed by atoms with Crippen molar-refractivity contribution in [3.63, 3.8) is 0 Å². The van der Waals surface area contributed by atoms with Gasteiger partial charge in [-0.05, 0) is 38.3 Å². The zero-order valence-corrected chi connectivity index (χ0v) is 28.6. The monoisotopic (exact) mass is 706 g/mol. The first-order chi connectivity index (χ1) is 22.9. The molecule has 1 unspecified atom stereocenters. The van der Waals surface area contributed by atoms with Crippen molar-refractivity contribution in [2.45, 2.75) is 29.6 Å². The molecule has 242 valence electrons. The second kappa shape index (κ2) is 14.8. The van der Waals surface area contributed by atoms with Crippen LogP contribution in [-0.2, 0) is 26.2 Å². The van der Waals surface area contributed by atoms with E-state index in [1.165, 1.54) is 51.5 Å². The average molecular weight is 707 g/mol. The molecule has 16 heteroatoms. The minimum Gasteiger partial charge on any atom is -0.448 e. The second-order valence-corrected chi connectivity index (χ2v) is 14.4. The lowest BCUT2D eigenvalue weighted by Crippen LogP contribution is -2.70. The number of hydrogen-bond acceptors (Lipinski definition) is 13. The highest BCUT2D eigenvalue weighted by Gasteiger charge is 2.54. The van der Waals surface area contributed by atoms with Crippen molar-refractivity contribution >= 4 is 75.1 Å². The normalized spacial score (nSPS) is 17.8. The van der Waals surface area contributed by atoms with E-state index in [1.54, 1.807) is 22.5 Å². The molecule has 2 amide bonds. The van der Waals surface area contributed by atoms with Crippen molar-refractivity contribution < 1.29 is 19.1 Å². The smallest absolute Gasteiger partial charge is 0.356 e. The maximum atomic E-state index is 14.2. The van der Waals surface area contributed by atoms with Gasteiger partial charge in [-0.15, -0.1) is 40.0 Å². The van der Waals surface area contributed by atoms with E-state index in [4.69, 9.17) is 10.5 Å². The van der Waals surface area contributed by atoms with E-state index >= 15 is 0 Å². The topological polar surface area (TPSA) is 158 Å². The minimum atomic E-state index is -0.850. The van der Waals surface area contributed by atoms with Crippen molar-refractivity contribution in [3.05, 3.63) is 99.5 Å². The quantitative estimate of drug-likeness (QED) is 0.0941. The maximum Gasteiger partial charge on any atom is 0.356 e. The number of nitrogens with zero attached hydrogens (tertiary/aromatic N) is 6. The third-order valence-electron chi connectivity index (χ3n) is 7.32. The van der Waals surface area contributed by atoms with Crippen molar-refractivity contribution in [1.29, 1.82) is 0 Å². The Morgan fingerprint density at radius 2 is 1.85 bits per heavy atom. The van der Waals surface area contributed by atoms with Gasteiger partial charge in [0, 0.05) is 23.9 Å². The molecule has 0 radical (unpaired) electrons. The number of nitrogens with two attached hydrogens (primary N) is 1. The van der Waals surface area contributed by atoms with Crippen LogP contribution < -0.4 is 11.1 Å². The molecule has 1 saturated heterocycles. The molecule has 0 spiro atoms. The molecule has 2 aliphatic rings. The Balaban J connectivity index is 1.28. The number of carbonyl (C=O) groups is 3. The number of amides is 2. The van der Waals surface area contributed by atoms with E-state index in [1.807, 2.05) is 67.6 Å². The number of carbonyl (C=O) groups excluding carboxylic acids is 3. The number of thiazole rings is 1. The molecule has 6 rings (SSSR count). The van der Waals surface area contributed by atoms with Crippen LogP contribution in [0.1, 0.15) is 29.8 Å². The van der Waals surface area contributed by atoms with Crippen LogP contribution in [0.4, 0.5) is 5.13 Å². The molecule has 47 heavy (non-hydrogen) atoms. The van der Waals surface area contributed by atoms with E-state index in [0.717, 1.165) is 16.9 Å². The molecule has 4 aromatic rings. The molecule has 0 saturated carbocycles. The summed E-state index contributed by atoms with van der Waals surface area (Å²) < 4.78 is 7.78. The number of nitrogens with one attached hydrogen (secondary N) is 1. The van der Waals surface area contributed by atoms with Crippen LogP contribution in [0.25, 0.3) is 5.57 Å². The Kier molecular flexibility index (Phi) is 10.3. The Morgan fingerprint density at radius 1 is 1.15 bits per heavy atom. The van der Waals surface area contributed by atoms with E-state index in [-0.39, 0.29) is 5.70 Å². The van der Waals surface area contributed by atoms with Crippen molar-refractivity contribution in [2.24, 2.45) is 7.05 Å². The Morgan fingerprint density at radius 3 is 2.45 bits per heavy atom. The van der Waals surface area contributed by atoms with Gasteiger partial charge < -0.3 is 15.8 Å². The van der Waals surface area contributed by atoms with Gasteiger partial charge in [-0.1, -0.05) is 79.3 Å². The molecule has 2 aromatic heterocycles. The van der Waals surface area contributed by atoms with Crippen LogP contribution in [0.5, 0.6) is 0 Å². The van der Waals surface area contributed by atoms with Crippen LogP contribution in [0, 0.1) is 0 Å². The number of ether oxygens (including phenoxy) is 1. The van der Waals surface area contributed by atoms with Crippen molar-refractivity contribution in [3.8, 4) is 0 Å². The summed E-state index contributed by atoms with van der Waals surface area (Å²) in [7, 11) is 1.73. The predicted molar refractivity (Wildman–Crippen MR) is 185 cm³/mol. The predicted octanol–water partition coefficient (Wildman–Crippen LogP) is 4.12. The molecule has 2 atom stereocenters. The lowest BCUT2D eigenvalue weighted by molar-refractivity contribution is -0.154. The van der Waals surface area contributed by atoms with Crippen molar-refractivity contribution in [2.75, 3.05) is 23.0 Å². The summed E-state index contributed by atoms with van der Waals surface area (Å²) in [6.45, 7) is 1.97. The fourth-order valence-corrected chi connectivity index (χ4v) is 8.51. The van der Waals surface area contributed by atoms with E-state index in [0.29, 0.717) is 38.6 Å². The number of aryl methyl sites for hydroxylation is 1. The highest BCUT2D eigenvalue weighted by Crippen LogP contribution is 2.43. The summed E-state index contributed by atoms with van der Waals surface area (Å²) in [6, 6.07) is 18.1. The minimum absolute atomic E-state index is 0.174. The van der Waals surface area contributed by atoms with Gasteiger partial charge in [-0.3, -0.25) is 14.5 Å². The molecule has 0 aliphatic carbocycles. The summed E-state index contributed by atoms with van der Waals surface area (Å²) in [5.41, 5.74) is 9.08. The first-order valence-corrected chi connectivity index (χ1v) is 18.5. The number of β-lactam (4-membered cyclic amide) rings is 1. The maximum absolute atomic E-state index is 14.2. The van der Waals surface area contributed by atoms with Gasteiger partial charge in [0.25, 0.3) is 11.8 Å². The standard InChI is InChI=1S/C31H30N8O4S4/c1-3-44-16-21(22-17-46-30(32)33-22)26(40)34-23-27(41)39-24(20(14-45-28(23)39)15-47-31-35-36-37-38(31)2)29(42)43-25(18-10-6-4-7-11-18)19-12-8-5-9-13-19/h4-13,16-17,23,25,28H,3,14-15H2,1-2H3,(H2,32,33)(H,34,40)/t23?,28-/m1/s1. The third kappa shape index (κ3) is 7.10. The Bertz CT molecular complexity index is 1790. The first kappa shape index (κ1) is 32.8. The van der Waals surface area contributed by atoms with Crippen LogP contribution in [0.3, 0.4) is 0 Å². The van der Waals surface area contributed by atoms with Gasteiger partial charge in [0.15, 0.2) is 11.2 Å². The third-order valence-corrected chi connectivity index (χ3v) is 11.2. The molecule has 0 bridgehead atoms. The lowest BCUT2D eigenvalue weighted by Gasteiger charge is -2.49. The SMILES string of the molecule is CCSC=C(C(=O)NC1C(=O)N2C(C(=O)OC(c3ccccc3)c3ccccc3)=C(CSc3nnnn3C)CS[C@H]12)c1csc(N)n1. The molecule has 3 N–H and O–H groups in total.